The van der Waals surface area contributed by atoms with Crippen molar-refractivity contribution in [2.75, 3.05) is 12.4 Å². The third-order valence-corrected chi connectivity index (χ3v) is 4.33. The summed E-state index contributed by atoms with van der Waals surface area (Å²) in [4.78, 5) is 9.80. The van der Waals surface area contributed by atoms with Crippen molar-refractivity contribution in [3.8, 4) is 10.6 Å². The van der Waals surface area contributed by atoms with Gasteiger partial charge in [0.1, 0.15) is 11.1 Å². The second-order valence-electron chi connectivity index (χ2n) is 3.43. The van der Waals surface area contributed by atoms with Crippen molar-refractivity contribution >= 4 is 27.8 Å². The Bertz CT molecular complexity index is 490. The number of thiazole rings is 2. The molecule has 2 aromatic rings. The standard InChI is InChI=1S/C10H13N3OS2/c1-5-8(16-9(12-5)6(2)14)7-4-15-10(11-3)13-7/h4,6,14H,1-3H3,(H,11,13)/t6-/m0/s1. The first-order valence-corrected chi connectivity index (χ1v) is 6.60. The Labute approximate surface area is 102 Å². The summed E-state index contributed by atoms with van der Waals surface area (Å²) in [5.74, 6) is 0. The van der Waals surface area contributed by atoms with E-state index in [-0.39, 0.29) is 0 Å². The maximum Gasteiger partial charge on any atom is 0.182 e. The fourth-order valence-electron chi connectivity index (χ4n) is 1.33. The number of nitrogens with one attached hydrogen (secondary N) is 1. The molecule has 0 aliphatic rings. The lowest BCUT2D eigenvalue weighted by Gasteiger charge is -1.94. The molecule has 0 aliphatic heterocycles. The number of aryl methyl sites for hydroxylation is 1. The molecule has 2 heterocycles. The molecular weight excluding hydrogens is 242 g/mol. The molecule has 2 rings (SSSR count). The molecule has 86 valence electrons. The Morgan fingerprint density at radius 3 is 2.69 bits per heavy atom. The molecule has 0 aliphatic carbocycles. The highest BCUT2D eigenvalue weighted by Crippen LogP contribution is 2.34. The molecule has 1 atom stereocenters. The molecule has 0 saturated carbocycles. The highest BCUT2D eigenvalue weighted by Gasteiger charge is 2.15. The molecule has 0 saturated heterocycles. The lowest BCUT2D eigenvalue weighted by Crippen LogP contribution is -1.88. The summed E-state index contributed by atoms with van der Waals surface area (Å²) in [6, 6.07) is 0. The van der Waals surface area contributed by atoms with Crippen LogP contribution in [-0.2, 0) is 0 Å². The van der Waals surface area contributed by atoms with Crippen molar-refractivity contribution in [3.63, 3.8) is 0 Å². The Hall–Kier alpha value is -0.980. The number of anilines is 1. The SMILES string of the molecule is CNc1nc(-c2sc([C@H](C)O)nc2C)cs1. The average Bonchev–Trinajstić information content (AvgIpc) is 2.83. The van der Waals surface area contributed by atoms with Crippen LogP contribution in [0.3, 0.4) is 0 Å². The first-order valence-electron chi connectivity index (χ1n) is 4.91. The molecule has 2 aromatic heterocycles. The summed E-state index contributed by atoms with van der Waals surface area (Å²) in [6.45, 7) is 3.66. The Morgan fingerprint density at radius 2 is 2.19 bits per heavy atom. The molecule has 16 heavy (non-hydrogen) atoms. The van der Waals surface area contributed by atoms with Crippen LogP contribution in [0.5, 0.6) is 0 Å². The van der Waals surface area contributed by atoms with E-state index in [1.807, 2.05) is 19.4 Å². The van der Waals surface area contributed by atoms with E-state index in [0.717, 1.165) is 26.4 Å². The van der Waals surface area contributed by atoms with Gasteiger partial charge in [-0.1, -0.05) is 0 Å². The Kier molecular flexibility index (Phi) is 3.22. The van der Waals surface area contributed by atoms with Crippen LogP contribution in [0.1, 0.15) is 23.7 Å². The molecule has 0 spiro atoms. The molecule has 6 heteroatoms. The molecule has 0 fully saturated rings. The van der Waals surface area contributed by atoms with Crippen LogP contribution < -0.4 is 5.32 Å². The Balaban J connectivity index is 2.39. The highest BCUT2D eigenvalue weighted by atomic mass is 32.1. The van der Waals surface area contributed by atoms with Gasteiger partial charge in [0.15, 0.2) is 5.13 Å². The minimum atomic E-state index is -0.514. The molecule has 2 N–H and O–H groups in total. The number of aliphatic hydroxyl groups excluding tert-OH is 1. The van der Waals surface area contributed by atoms with E-state index in [1.54, 1.807) is 18.3 Å². The summed E-state index contributed by atoms with van der Waals surface area (Å²) in [5, 5.41) is 16.1. The van der Waals surface area contributed by atoms with Gasteiger partial charge in [-0.2, -0.15) is 0 Å². The predicted molar refractivity (Wildman–Crippen MR) is 68.1 cm³/mol. The molecule has 0 radical (unpaired) electrons. The van der Waals surface area contributed by atoms with Crippen molar-refractivity contribution < 1.29 is 5.11 Å². The van der Waals surface area contributed by atoms with Gasteiger partial charge in [0, 0.05) is 12.4 Å². The van der Waals surface area contributed by atoms with Crippen LogP contribution in [0.15, 0.2) is 5.38 Å². The van der Waals surface area contributed by atoms with Crippen LogP contribution in [0, 0.1) is 6.92 Å². The van der Waals surface area contributed by atoms with E-state index in [9.17, 15) is 5.11 Å². The lowest BCUT2D eigenvalue weighted by atomic mass is 10.3. The molecular formula is C10H13N3OS2. The zero-order valence-corrected chi connectivity index (χ0v) is 10.9. The van der Waals surface area contributed by atoms with Gasteiger partial charge in [0.05, 0.1) is 16.3 Å². The van der Waals surface area contributed by atoms with Gasteiger partial charge in [-0.25, -0.2) is 9.97 Å². The van der Waals surface area contributed by atoms with Gasteiger partial charge < -0.3 is 10.4 Å². The number of hydrogen-bond donors (Lipinski definition) is 2. The zero-order valence-electron chi connectivity index (χ0n) is 9.31. The van der Waals surface area contributed by atoms with Crippen LogP contribution in [0.4, 0.5) is 5.13 Å². The minimum absolute atomic E-state index is 0.514. The summed E-state index contributed by atoms with van der Waals surface area (Å²) in [6.07, 6.45) is -0.514. The first-order chi connectivity index (χ1) is 7.61. The van der Waals surface area contributed by atoms with Gasteiger partial charge in [-0.3, -0.25) is 0 Å². The molecule has 0 amide bonds. The van der Waals surface area contributed by atoms with Crippen molar-refractivity contribution in [2.24, 2.45) is 0 Å². The predicted octanol–water partition coefficient (Wildman–Crippen LogP) is 2.67. The molecule has 0 bridgehead atoms. The largest absolute Gasteiger partial charge is 0.386 e. The summed E-state index contributed by atoms with van der Waals surface area (Å²) in [7, 11) is 1.85. The maximum atomic E-state index is 9.48. The normalized spacial score (nSPS) is 12.8. The number of nitrogens with zero attached hydrogens (tertiary/aromatic N) is 2. The maximum absolute atomic E-state index is 9.48. The van der Waals surface area contributed by atoms with Gasteiger partial charge in [0.25, 0.3) is 0 Å². The van der Waals surface area contributed by atoms with Gasteiger partial charge in [-0.15, -0.1) is 22.7 Å². The van der Waals surface area contributed by atoms with E-state index in [1.165, 1.54) is 11.3 Å². The average molecular weight is 255 g/mol. The second-order valence-corrected chi connectivity index (χ2v) is 5.32. The van der Waals surface area contributed by atoms with Crippen molar-refractivity contribution in [2.45, 2.75) is 20.0 Å². The summed E-state index contributed by atoms with van der Waals surface area (Å²) in [5.41, 5.74) is 1.85. The molecule has 0 unspecified atom stereocenters. The van der Waals surface area contributed by atoms with Crippen LogP contribution >= 0.6 is 22.7 Å². The Morgan fingerprint density at radius 1 is 1.44 bits per heavy atom. The number of aromatic nitrogens is 2. The summed E-state index contributed by atoms with van der Waals surface area (Å²) < 4.78 is 0. The van der Waals surface area contributed by atoms with E-state index in [2.05, 4.69) is 15.3 Å². The fraction of sp³-hybridized carbons (Fsp3) is 0.400. The van der Waals surface area contributed by atoms with E-state index in [4.69, 9.17) is 0 Å². The lowest BCUT2D eigenvalue weighted by molar-refractivity contribution is 0.198. The van der Waals surface area contributed by atoms with E-state index >= 15 is 0 Å². The smallest absolute Gasteiger partial charge is 0.182 e. The number of aliphatic hydroxyl groups is 1. The van der Waals surface area contributed by atoms with Crippen LogP contribution in [0.25, 0.3) is 10.6 Å². The number of hydrogen-bond acceptors (Lipinski definition) is 6. The fourth-order valence-corrected chi connectivity index (χ4v) is 3.03. The van der Waals surface area contributed by atoms with Crippen molar-refractivity contribution in [3.05, 3.63) is 16.1 Å². The van der Waals surface area contributed by atoms with E-state index < -0.39 is 6.10 Å². The van der Waals surface area contributed by atoms with Gasteiger partial charge in [-0.05, 0) is 13.8 Å². The van der Waals surface area contributed by atoms with Crippen molar-refractivity contribution in [1.82, 2.24) is 9.97 Å². The van der Waals surface area contributed by atoms with Crippen LogP contribution in [-0.4, -0.2) is 22.1 Å². The van der Waals surface area contributed by atoms with E-state index in [0.29, 0.717) is 0 Å². The van der Waals surface area contributed by atoms with Crippen LogP contribution in [0.2, 0.25) is 0 Å². The quantitative estimate of drug-likeness (QED) is 0.885. The monoisotopic (exact) mass is 255 g/mol. The van der Waals surface area contributed by atoms with Gasteiger partial charge in [0.2, 0.25) is 0 Å². The van der Waals surface area contributed by atoms with Crippen molar-refractivity contribution in [1.29, 1.82) is 0 Å². The summed E-state index contributed by atoms with van der Waals surface area (Å²) >= 11 is 3.06. The topological polar surface area (TPSA) is 58.0 Å². The second kappa shape index (κ2) is 4.48. The third-order valence-electron chi connectivity index (χ3n) is 2.12. The first kappa shape index (κ1) is 11.5. The minimum Gasteiger partial charge on any atom is -0.386 e. The zero-order chi connectivity index (χ0) is 11.7. The number of rotatable bonds is 3. The molecule has 0 aromatic carbocycles. The van der Waals surface area contributed by atoms with Gasteiger partial charge >= 0.3 is 0 Å². The third kappa shape index (κ3) is 2.09. The molecule has 4 nitrogen and oxygen atoms in total. The highest BCUT2D eigenvalue weighted by molar-refractivity contribution is 7.16.